The van der Waals surface area contributed by atoms with Gasteiger partial charge in [0.15, 0.2) is 5.84 Å². The number of amidine groups is 1. The molecule has 0 radical (unpaired) electrons. The molecule has 0 aliphatic rings. The fraction of sp³-hybridized carbons (Fsp3) is 0.267. The first-order valence-corrected chi connectivity index (χ1v) is 6.69. The van der Waals surface area contributed by atoms with Crippen molar-refractivity contribution in [3.8, 4) is 0 Å². The molecular formula is C15H19N3O3. The Morgan fingerprint density at radius 2 is 1.62 bits per heavy atom. The van der Waals surface area contributed by atoms with Crippen LogP contribution in [-0.4, -0.2) is 47.6 Å². The van der Waals surface area contributed by atoms with Gasteiger partial charge in [0.2, 0.25) is 0 Å². The Hall–Kier alpha value is -2.31. The summed E-state index contributed by atoms with van der Waals surface area (Å²) in [5, 5.41) is 32.1. The molecule has 0 heterocycles. The number of nitrogens with zero attached hydrogens (tertiary/aromatic N) is 2. The van der Waals surface area contributed by atoms with Gasteiger partial charge >= 0.3 is 0 Å². The van der Waals surface area contributed by atoms with E-state index in [9.17, 15) is 10.2 Å². The van der Waals surface area contributed by atoms with Crippen LogP contribution >= 0.6 is 0 Å². The van der Waals surface area contributed by atoms with Crippen molar-refractivity contribution in [2.75, 3.05) is 31.2 Å². The number of rotatable bonds is 6. The maximum Gasteiger partial charge on any atom is 0.170 e. The first-order chi connectivity index (χ1) is 10.2. The number of benzene rings is 2. The van der Waals surface area contributed by atoms with E-state index in [1.165, 1.54) is 0 Å². The number of hydrogen-bond donors (Lipinski definition) is 4. The number of aliphatic hydroxyl groups excluding tert-OH is 2. The molecule has 0 bridgehead atoms. The van der Waals surface area contributed by atoms with E-state index in [-0.39, 0.29) is 19.0 Å². The largest absolute Gasteiger partial charge is 0.409 e. The molecule has 112 valence electrons. The van der Waals surface area contributed by atoms with E-state index >= 15 is 0 Å². The lowest BCUT2D eigenvalue weighted by molar-refractivity contribution is 0.281. The SMILES string of the molecule is N/C(=N/O)c1ccc(N(CCO)CCO)c2ccccc12. The fourth-order valence-electron chi connectivity index (χ4n) is 2.43. The minimum atomic E-state index is -0.00366. The van der Waals surface area contributed by atoms with Crippen molar-refractivity contribution in [2.45, 2.75) is 0 Å². The van der Waals surface area contributed by atoms with Gasteiger partial charge in [0.1, 0.15) is 0 Å². The summed E-state index contributed by atoms with van der Waals surface area (Å²) in [6.45, 7) is 0.841. The van der Waals surface area contributed by atoms with E-state index in [0.717, 1.165) is 16.5 Å². The Balaban J connectivity index is 2.61. The summed E-state index contributed by atoms with van der Waals surface area (Å²) in [6.07, 6.45) is 0. The predicted molar refractivity (Wildman–Crippen MR) is 82.8 cm³/mol. The lowest BCUT2D eigenvalue weighted by Gasteiger charge is -2.25. The van der Waals surface area contributed by atoms with Crippen LogP contribution in [-0.2, 0) is 0 Å². The van der Waals surface area contributed by atoms with Crippen LogP contribution in [0.15, 0.2) is 41.6 Å². The molecule has 5 N–H and O–H groups in total. The van der Waals surface area contributed by atoms with E-state index in [1.54, 1.807) is 6.07 Å². The van der Waals surface area contributed by atoms with Gasteiger partial charge in [-0.3, -0.25) is 0 Å². The van der Waals surface area contributed by atoms with Gasteiger partial charge in [0.05, 0.1) is 13.2 Å². The third kappa shape index (κ3) is 3.07. The molecule has 0 atom stereocenters. The van der Waals surface area contributed by atoms with Crippen molar-refractivity contribution in [3.63, 3.8) is 0 Å². The molecule has 6 nitrogen and oxygen atoms in total. The minimum absolute atomic E-state index is 0.00366. The number of anilines is 1. The van der Waals surface area contributed by atoms with E-state index in [4.69, 9.17) is 10.9 Å². The van der Waals surface area contributed by atoms with Crippen LogP contribution in [0.3, 0.4) is 0 Å². The zero-order valence-corrected chi connectivity index (χ0v) is 11.6. The van der Waals surface area contributed by atoms with Gasteiger partial charge in [-0.15, -0.1) is 0 Å². The van der Waals surface area contributed by atoms with E-state index in [1.807, 2.05) is 35.2 Å². The standard InChI is InChI=1S/C15H19N3O3/c16-15(17-21)13-5-6-14(18(7-9-19)8-10-20)12-4-2-1-3-11(12)13/h1-6,19-21H,7-10H2,(H2,16,17). The fourth-order valence-corrected chi connectivity index (χ4v) is 2.43. The Bertz CT molecular complexity index is 637. The number of nitrogens with two attached hydrogens (primary N) is 1. The number of aliphatic hydroxyl groups is 2. The van der Waals surface area contributed by atoms with Crippen molar-refractivity contribution in [2.24, 2.45) is 10.9 Å². The minimum Gasteiger partial charge on any atom is -0.409 e. The summed E-state index contributed by atoms with van der Waals surface area (Å²) in [6, 6.07) is 11.2. The summed E-state index contributed by atoms with van der Waals surface area (Å²) < 4.78 is 0. The lowest BCUT2D eigenvalue weighted by atomic mass is 10.0. The van der Waals surface area contributed by atoms with Gasteiger partial charge in [-0.25, -0.2) is 0 Å². The maximum absolute atomic E-state index is 9.18. The second kappa shape index (κ2) is 6.92. The summed E-state index contributed by atoms with van der Waals surface area (Å²) in [5.74, 6) is 0.0496. The quantitative estimate of drug-likeness (QED) is 0.272. The summed E-state index contributed by atoms with van der Waals surface area (Å²) in [4.78, 5) is 1.90. The number of oxime groups is 1. The maximum atomic E-state index is 9.18. The normalized spacial score (nSPS) is 11.8. The lowest BCUT2D eigenvalue weighted by Crippen LogP contribution is -2.30. The topological polar surface area (TPSA) is 102 Å². The highest BCUT2D eigenvalue weighted by Gasteiger charge is 2.13. The monoisotopic (exact) mass is 289 g/mol. The van der Waals surface area contributed by atoms with Crippen LogP contribution in [0.2, 0.25) is 0 Å². The molecule has 0 aliphatic heterocycles. The van der Waals surface area contributed by atoms with Crippen LogP contribution in [0.5, 0.6) is 0 Å². The van der Waals surface area contributed by atoms with Crippen molar-refractivity contribution in [3.05, 3.63) is 42.0 Å². The molecular weight excluding hydrogens is 270 g/mol. The molecule has 6 heteroatoms. The Morgan fingerprint density at radius 1 is 1.00 bits per heavy atom. The average Bonchev–Trinajstić information content (AvgIpc) is 2.53. The molecule has 0 unspecified atom stereocenters. The second-order valence-corrected chi connectivity index (χ2v) is 4.60. The Kier molecular flexibility index (Phi) is 4.97. The van der Waals surface area contributed by atoms with Gasteiger partial charge in [-0.2, -0.15) is 0 Å². The molecule has 0 spiro atoms. The van der Waals surface area contributed by atoms with Crippen LogP contribution in [0.25, 0.3) is 10.8 Å². The van der Waals surface area contributed by atoms with E-state index in [0.29, 0.717) is 18.7 Å². The Morgan fingerprint density at radius 3 is 2.19 bits per heavy atom. The smallest absolute Gasteiger partial charge is 0.170 e. The van der Waals surface area contributed by atoms with Crippen LogP contribution in [0.1, 0.15) is 5.56 Å². The van der Waals surface area contributed by atoms with E-state index < -0.39 is 0 Å². The highest BCUT2D eigenvalue weighted by atomic mass is 16.4. The van der Waals surface area contributed by atoms with Gasteiger partial charge < -0.3 is 26.1 Å². The molecule has 0 amide bonds. The van der Waals surface area contributed by atoms with Gasteiger partial charge in [-0.1, -0.05) is 29.4 Å². The summed E-state index contributed by atoms with van der Waals surface area (Å²) >= 11 is 0. The van der Waals surface area contributed by atoms with E-state index in [2.05, 4.69) is 5.16 Å². The Labute approximate surface area is 122 Å². The van der Waals surface area contributed by atoms with Gasteiger partial charge in [0.25, 0.3) is 0 Å². The molecule has 2 aromatic carbocycles. The zero-order chi connectivity index (χ0) is 15.2. The molecule has 0 saturated heterocycles. The number of hydrogen-bond acceptors (Lipinski definition) is 5. The van der Waals surface area contributed by atoms with Crippen LogP contribution in [0.4, 0.5) is 5.69 Å². The zero-order valence-electron chi connectivity index (χ0n) is 11.6. The first kappa shape index (κ1) is 15.1. The van der Waals surface area contributed by atoms with Crippen molar-refractivity contribution < 1.29 is 15.4 Å². The average molecular weight is 289 g/mol. The molecule has 2 aromatic rings. The number of fused-ring (bicyclic) bond motifs is 1. The molecule has 2 rings (SSSR count). The van der Waals surface area contributed by atoms with Gasteiger partial charge in [-0.05, 0) is 17.5 Å². The highest BCUT2D eigenvalue weighted by Crippen LogP contribution is 2.29. The van der Waals surface area contributed by atoms with Crippen LogP contribution in [0, 0.1) is 0 Å². The molecule has 0 fully saturated rings. The third-order valence-corrected chi connectivity index (χ3v) is 3.37. The second-order valence-electron chi connectivity index (χ2n) is 4.60. The van der Waals surface area contributed by atoms with Crippen molar-refractivity contribution in [1.29, 1.82) is 0 Å². The molecule has 0 aliphatic carbocycles. The summed E-state index contributed by atoms with van der Waals surface area (Å²) in [7, 11) is 0. The predicted octanol–water partition coefficient (Wildman–Crippen LogP) is 0.725. The highest BCUT2D eigenvalue weighted by molar-refractivity contribution is 6.11. The molecule has 21 heavy (non-hydrogen) atoms. The van der Waals surface area contributed by atoms with Crippen molar-refractivity contribution in [1.82, 2.24) is 0 Å². The van der Waals surface area contributed by atoms with Crippen LogP contribution < -0.4 is 10.6 Å². The first-order valence-electron chi connectivity index (χ1n) is 6.69. The summed E-state index contributed by atoms with van der Waals surface area (Å²) in [5.41, 5.74) is 7.25. The molecule has 0 saturated carbocycles. The van der Waals surface area contributed by atoms with Crippen molar-refractivity contribution >= 4 is 22.3 Å². The molecule has 0 aromatic heterocycles. The third-order valence-electron chi connectivity index (χ3n) is 3.37. The van der Waals surface area contributed by atoms with Gasteiger partial charge in [0, 0.05) is 29.7 Å².